The molecule has 4 rings (SSSR count). The van der Waals surface area contributed by atoms with E-state index in [0.717, 1.165) is 35.3 Å². The van der Waals surface area contributed by atoms with E-state index in [1.54, 1.807) is 24.0 Å². The van der Waals surface area contributed by atoms with Gasteiger partial charge in [0.2, 0.25) is 5.91 Å². The molecule has 1 aliphatic rings. The molecule has 0 saturated carbocycles. The fraction of sp³-hybridized carbons (Fsp3) is 0.208. The molecule has 1 fully saturated rings. The van der Waals surface area contributed by atoms with Crippen molar-refractivity contribution in [1.29, 1.82) is 0 Å². The maximum Gasteiger partial charge on any atom is 0.227 e. The first-order valence-corrected chi connectivity index (χ1v) is 9.97. The summed E-state index contributed by atoms with van der Waals surface area (Å²) in [6.45, 7) is 2.70. The fourth-order valence-electron chi connectivity index (χ4n) is 3.52. The van der Waals surface area contributed by atoms with Gasteiger partial charge in [-0.05, 0) is 65.9 Å². The molecule has 1 amide bonds. The zero-order valence-corrected chi connectivity index (χ0v) is 16.9. The molecule has 3 nitrogen and oxygen atoms in total. The SMILES string of the molecule is Cc1ccc(OCc2cc(N3CCCC3=O)ccc2-c2ccc(Cl)cc2)cc1F. The highest BCUT2D eigenvalue weighted by molar-refractivity contribution is 6.30. The highest BCUT2D eigenvalue weighted by atomic mass is 35.5. The monoisotopic (exact) mass is 409 g/mol. The van der Waals surface area contributed by atoms with Crippen LogP contribution in [-0.4, -0.2) is 12.5 Å². The molecule has 1 aliphatic heterocycles. The Kier molecular flexibility index (Phi) is 5.54. The minimum atomic E-state index is -0.295. The Morgan fingerprint density at radius 3 is 2.55 bits per heavy atom. The predicted molar refractivity (Wildman–Crippen MR) is 114 cm³/mol. The van der Waals surface area contributed by atoms with Gasteiger partial charge in [-0.1, -0.05) is 35.9 Å². The number of amides is 1. The first kappa shape index (κ1) is 19.5. The van der Waals surface area contributed by atoms with Crippen molar-refractivity contribution < 1.29 is 13.9 Å². The van der Waals surface area contributed by atoms with Crippen LogP contribution < -0.4 is 9.64 Å². The molecule has 0 aliphatic carbocycles. The summed E-state index contributed by atoms with van der Waals surface area (Å²) in [7, 11) is 0. The van der Waals surface area contributed by atoms with Crippen molar-refractivity contribution in [2.75, 3.05) is 11.4 Å². The first-order chi connectivity index (χ1) is 14.0. The van der Waals surface area contributed by atoms with Crippen molar-refractivity contribution in [3.05, 3.63) is 82.6 Å². The van der Waals surface area contributed by atoms with Gasteiger partial charge in [-0.15, -0.1) is 0 Å². The van der Waals surface area contributed by atoms with Crippen molar-refractivity contribution in [2.45, 2.75) is 26.4 Å². The molecule has 0 N–H and O–H groups in total. The fourth-order valence-corrected chi connectivity index (χ4v) is 3.65. The van der Waals surface area contributed by atoms with Gasteiger partial charge in [0.15, 0.2) is 0 Å². The summed E-state index contributed by atoms with van der Waals surface area (Å²) in [4.78, 5) is 14.0. The van der Waals surface area contributed by atoms with Gasteiger partial charge < -0.3 is 9.64 Å². The number of anilines is 1. The van der Waals surface area contributed by atoms with E-state index in [9.17, 15) is 9.18 Å². The van der Waals surface area contributed by atoms with Crippen molar-refractivity contribution in [2.24, 2.45) is 0 Å². The number of carbonyl (C=O) groups is 1. The van der Waals surface area contributed by atoms with E-state index >= 15 is 0 Å². The molecule has 0 aromatic heterocycles. The molecule has 5 heteroatoms. The Morgan fingerprint density at radius 2 is 1.86 bits per heavy atom. The second-order valence-electron chi connectivity index (χ2n) is 7.20. The van der Waals surface area contributed by atoms with Crippen LogP contribution >= 0.6 is 11.6 Å². The van der Waals surface area contributed by atoms with Crippen LogP contribution in [0.25, 0.3) is 11.1 Å². The highest BCUT2D eigenvalue weighted by Gasteiger charge is 2.22. The van der Waals surface area contributed by atoms with Crippen LogP contribution in [0, 0.1) is 12.7 Å². The van der Waals surface area contributed by atoms with Crippen LogP contribution in [0.3, 0.4) is 0 Å². The van der Waals surface area contributed by atoms with Crippen molar-refractivity contribution in [3.8, 4) is 16.9 Å². The molecule has 3 aromatic rings. The second-order valence-corrected chi connectivity index (χ2v) is 7.63. The van der Waals surface area contributed by atoms with Crippen LogP contribution in [0.1, 0.15) is 24.0 Å². The molecule has 148 valence electrons. The van der Waals surface area contributed by atoms with E-state index in [2.05, 4.69) is 0 Å². The molecule has 29 heavy (non-hydrogen) atoms. The topological polar surface area (TPSA) is 29.5 Å². The van der Waals surface area contributed by atoms with E-state index in [1.807, 2.05) is 42.5 Å². The molecule has 0 bridgehead atoms. The zero-order valence-electron chi connectivity index (χ0n) is 16.1. The molecule has 1 saturated heterocycles. The third-order valence-electron chi connectivity index (χ3n) is 5.17. The number of hydrogen-bond donors (Lipinski definition) is 0. The first-order valence-electron chi connectivity index (χ1n) is 9.59. The van der Waals surface area contributed by atoms with E-state index in [-0.39, 0.29) is 18.3 Å². The summed E-state index contributed by atoms with van der Waals surface area (Å²) in [5, 5.41) is 0.668. The number of halogens is 2. The van der Waals surface area contributed by atoms with Crippen LogP contribution in [0.4, 0.5) is 10.1 Å². The largest absolute Gasteiger partial charge is 0.489 e. The van der Waals surface area contributed by atoms with E-state index in [1.165, 1.54) is 6.07 Å². The highest BCUT2D eigenvalue weighted by Crippen LogP contribution is 2.31. The Hall–Kier alpha value is -2.85. The quantitative estimate of drug-likeness (QED) is 0.505. The number of aryl methyl sites for hydroxylation is 1. The second kappa shape index (κ2) is 8.26. The van der Waals surface area contributed by atoms with Crippen molar-refractivity contribution in [1.82, 2.24) is 0 Å². The number of carbonyl (C=O) groups excluding carboxylic acids is 1. The van der Waals surface area contributed by atoms with Gasteiger partial charge in [0, 0.05) is 29.7 Å². The van der Waals surface area contributed by atoms with Gasteiger partial charge in [-0.3, -0.25) is 4.79 Å². The Labute approximate surface area is 174 Å². The van der Waals surface area contributed by atoms with Gasteiger partial charge in [0.25, 0.3) is 0 Å². The Bertz CT molecular complexity index is 1050. The Balaban J connectivity index is 1.67. The van der Waals surface area contributed by atoms with E-state index in [4.69, 9.17) is 16.3 Å². The average molecular weight is 410 g/mol. The molecule has 0 spiro atoms. The van der Waals surface area contributed by atoms with Gasteiger partial charge >= 0.3 is 0 Å². The van der Waals surface area contributed by atoms with Crippen LogP contribution in [-0.2, 0) is 11.4 Å². The summed E-state index contributed by atoms with van der Waals surface area (Å²) < 4.78 is 19.8. The van der Waals surface area contributed by atoms with Gasteiger partial charge in [0.1, 0.15) is 18.2 Å². The Morgan fingerprint density at radius 1 is 1.07 bits per heavy atom. The van der Waals surface area contributed by atoms with Crippen LogP contribution in [0.2, 0.25) is 5.02 Å². The molecule has 0 radical (unpaired) electrons. The predicted octanol–water partition coefficient (Wildman–Crippen LogP) is 6.16. The molecule has 3 aromatic carbocycles. The lowest BCUT2D eigenvalue weighted by Gasteiger charge is -2.19. The molecule has 1 heterocycles. The van der Waals surface area contributed by atoms with Crippen LogP contribution in [0.15, 0.2) is 60.7 Å². The molecule has 0 unspecified atom stereocenters. The lowest BCUT2D eigenvalue weighted by Crippen LogP contribution is -2.23. The summed E-state index contributed by atoms with van der Waals surface area (Å²) in [6.07, 6.45) is 1.44. The molecular formula is C24H21ClFNO2. The maximum absolute atomic E-state index is 13.9. The lowest BCUT2D eigenvalue weighted by atomic mass is 9.99. The minimum Gasteiger partial charge on any atom is -0.489 e. The third kappa shape index (κ3) is 4.28. The van der Waals surface area contributed by atoms with E-state index in [0.29, 0.717) is 22.8 Å². The van der Waals surface area contributed by atoms with Crippen molar-refractivity contribution >= 4 is 23.2 Å². The number of rotatable bonds is 5. The summed E-state index contributed by atoms with van der Waals surface area (Å²) >= 11 is 6.03. The van der Waals surface area contributed by atoms with Gasteiger partial charge in [-0.25, -0.2) is 4.39 Å². The van der Waals surface area contributed by atoms with Crippen molar-refractivity contribution in [3.63, 3.8) is 0 Å². The standard InChI is InChI=1S/C24H21ClFNO2/c1-16-4-10-21(14-23(16)26)29-15-18-13-20(27-12-2-3-24(27)28)9-11-22(18)17-5-7-19(25)8-6-17/h4-11,13-14H,2-3,12,15H2,1H3. The third-order valence-corrected chi connectivity index (χ3v) is 5.42. The van der Waals surface area contributed by atoms with Crippen LogP contribution in [0.5, 0.6) is 5.75 Å². The molecule has 0 atom stereocenters. The minimum absolute atomic E-state index is 0.136. The van der Waals surface area contributed by atoms with Gasteiger partial charge in [0.05, 0.1) is 0 Å². The smallest absolute Gasteiger partial charge is 0.227 e. The summed E-state index contributed by atoms with van der Waals surface area (Å²) in [6, 6.07) is 18.4. The number of hydrogen-bond acceptors (Lipinski definition) is 2. The number of benzene rings is 3. The molecular weight excluding hydrogens is 389 g/mol. The average Bonchev–Trinajstić information content (AvgIpc) is 3.15. The maximum atomic E-state index is 13.9. The summed E-state index contributed by atoms with van der Waals surface area (Å²) in [5.74, 6) is 0.311. The van der Waals surface area contributed by atoms with E-state index < -0.39 is 0 Å². The normalized spacial score (nSPS) is 13.8. The lowest BCUT2D eigenvalue weighted by molar-refractivity contribution is -0.117. The van der Waals surface area contributed by atoms with Gasteiger partial charge in [-0.2, -0.15) is 0 Å². The number of ether oxygens (including phenoxy) is 1. The summed E-state index contributed by atoms with van der Waals surface area (Å²) in [5.41, 5.74) is 4.35. The zero-order chi connectivity index (χ0) is 20.4. The number of nitrogens with zero attached hydrogens (tertiary/aromatic N) is 1.